The fraction of sp³-hybridized carbons (Fsp3) is 0.111. The molecule has 0 saturated heterocycles. The molecular formula is C27H24BNO. The second-order valence-electron chi connectivity index (χ2n) is 8.40. The molecule has 0 amide bonds. The summed E-state index contributed by atoms with van der Waals surface area (Å²) in [6, 6.07) is 34.1. The van der Waals surface area contributed by atoms with Crippen molar-refractivity contribution in [2.45, 2.75) is 19.3 Å². The number of fused-ring (bicyclic) bond motifs is 3. The van der Waals surface area contributed by atoms with Crippen LogP contribution in [-0.4, -0.2) is 12.5 Å². The largest absolute Gasteiger partial charge is 0.449 e. The minimum absolute atomic E-state index is 0.0367. The highest BCUT2D eigenvalue weighted by Crippen LogP contribution is 2.50. The van der Waals surface area contributed by atoms with Crippen molar-refractivity contribution in [3.8, 4) is 11.1 Å². The number of benzene rings is 4. The van der Waals surface area contributed by atoms with E-state index < -0.39 is 0 Å². The minimum atomic E-state index is -0.0367. The molecule has 0 saturated carbocycles. The molecule has 30 heavy (non-hydrogen) atoms. The predicted octanol–water partition coefficient (Wildman–Crippen LogP) is 5.43. The van der Waals surface area contributed by atoms with E-state index in [9.17, 15) is 5.02 Å². The van der Waals surface area contributed by atoms with Gasteiger partial charge in [-0.1, -0.05) is 80.0 Å². The molecule has 0 heterocycles. The van der Waals surface area contributed by atoms with Crippen LogP contribution in [0.5, 0.6) is 0 Å². The lowest BCUT2D eigenvalue weighted by Gasteiger charge is -2.28. The van der Waals surface area contributed by atoms with Gasteiger partial charge >= 0.3 is 7.48 Å². The average molecular weight is 389 g/mol. The summed E-state index contributed by atoms with van der Waals surface area (Å²) in [4.78, 5) is 2.28. The van der Waals surface area contributed by atoms with E-state index >= 15 is 0 Å². The van der Waals surface area contributed by atoms with Gasteiger partial charge in [0.2, 0.25) is 0 Å². The number of nitrogens with zero attached hydrogens (tertiary/aromatic N) is 1. The third kappa shape index (κ3) is 2.94. The van der Waals surface area contributed by atoms with E-state index in [2.05, 4.69) is 97.6 Å². The van der Waals surface area contributed by atoms with Crippen LogP contribution in [0.2, 0.25) is 0 Å². The van der Waals surface area contributed by atoms with Crippen LogP contribution in [0, 0.1) is 0 Å². The molecule has 0 unspecified atom stereocenters. The van der Waals surface area contributed by atoms with Crippen LogP contribution in [0.3, 0.4) is 0 Å². The van der Waals surface area contributed by atoms with E-state index in [0.717, 1.165) is 22.5 Å². The lowest BCUT2D eigenvalue weighted by atomic mass is 9.82. The van der Waals surface area contributed by atoms with Gasteiger partial charge in [0.25, 0.3) is 0 Å². The van der Waals surface area contributed by atoms with Crippen LogP contribution in [0.25, 0.3) is 11.1 Å². The lowest BCUT2D eigenvalue weighted by molar-refractivity contribution is 0.615. The van der Waals surface area contributed by atoms with Crippen LogP contribution in [-0.2, 0) is 5.41 Å². The highest BCUT2D eigenvalue weighted by Gasteiger charge is 2.35. The summed E-state index contributed by atoms with van der Waals surface area (Å²) >= 11 is 0. The average Bonchev–Trinajstić information content (AvgIpc) is 3.02. The zero-order valence-electron chi connectivity index (χ0n) is 17.3. The van der Waals surface area contributed by atoms with Crippen molar-refractivity contribution >= 4 is 30.0 Å². The molecule has 0 aromatic heterocycles. The van der Waals surface area contributed by atoms with Gasteiger partial charge in [0.15, 0.2) is 0 Å². The maximum absolute atomic E-state index is 9.44. The van der Waals surface area contributed by atoms with Crippen molar-refractivity contribution in [2.75, 3.05) is 4.90 Å². The minimum Gasteiger partial charge on any atom is -0.449 e. The first kappa shape index (κ1) is 18.7. The molecule has 3 heteroatoms. The van der Waals surface area contributed by atoms with E-state index in [1.165, 1.54) is 22.3 Å². The number of hydrogen-bond donors (Lipinski definition) is 1. The Labute approximate surface area is 178 Å². The molecule has 0 atom stereocenters. The van der Waals surface area contributed by atoms with E-state index in [4.69, 9.17) is 0 Å². The molecule has 2 nitrogen and oxygen atoms in total. The Balaban J connectivity index is 1.67. The van der Waals surface area contributed by atoms with Crippen LogP contribution >= 0.6 is 0 Å². The third-order valence-electron chi connectivity index (χ3n) is 6.22. The second-order valence-corrected chi connectivity index (χ2v) is 8.40. The highest BCUT2D eigenvalue weighted by molar-refractivity contribution is 6.45. The summed E-state index contributed by atoms with van der Waals surface area (Å²) in [5, 5.41) is 9.44. The van der Waals surface area contributed by atoms with Gasteiger partial charge in [0.05, 0.1) is 0 Å². The first-order valence-electron chi connectivity index (χ1n) is 10.4. The van der Waals surface area contributed by atoms with Crippen LogP contribution < -0.4 is 10.4 Å². The van der Waals surface area contributed by atoms with Gasteiger partial charge in [-0.15, -0.1) is 0 Å². The Morgan fingerprint density at radius 1 is 0.633 bits per heavy atom. The summed E-state index contributed by atoms with van der Waals surface area (Å²) in [5.74, 6) is 0. The third-order valence-corrected chi connectivity index (χ3v) is 6.22. The first-order chi connectivity index (χ1) is 14.6. The molecule has 5 rings (SSSR count). The second kappa shape index (κ2) is 7.19. The van der Waals surface area contributed by atoms with Gasteiger partial charge in [-0.05, 0) is 58.7 Å². The Kier molecular flexibility index (Phi) is 4.49. The quantitative estimate of drug-likeness (QED) is 0.471. The zero-order chi connectivity index (χ0) is 20.7. The molecule has 4 aromatic rings. The van der Waals surface area contributed by atoms with Gasteiger partial charge < -0.3 is 9.92 Å². The fourth-order valence-corrected chi connectivity index (χ4v) is 4.61. The van der Waals surface area contributed by atoms with E-state index in [-0.39, 0.29) is 12.9 Å². The van der Waals surface area contributed by atoms with Crippen LogP contribution in [0.4, 0.5) is 17.1 Å². The zero-order valence-corrected chi connectivity index (χ0v) is 17.3. The van der Waals surface area contributed by atoms with Crippen molar-refractivity contribution in [1.29, 1.82) is 0 Å². The summed E-state index contributed by atoms with van der Waals surface area (Å²) in [7, 11) is 0.0525. The maximum Gasteiger partial charge on any atom is 0.304 e. The standard InChI is InChI=1S/C27H24BNO/c1-27(2)25-11-7-6-10-23(25)24-17-16-22(18-26(24)27)29(20-8-4-3-5-9-20)21-14-12-19(28-30)13-15-21/h3-18,28,30H,1-2H3. The predicted molar refractivity (Wildman–Crippen MR) is 128 cm³/mol. The van der Waals surface area contributed by atoms with E-state index in [1.54, 1.807) is 0 Å². The summed E-state index contributed by atoms with van der Waals surface area (Å²) < 4.78 is 0. The van der Waals surface area contributed by atoms with Gasteiger partial charge in [-0.3, -0.25) is 0 Å². The Bertz CT molecular complexity index is 1200. The summed E-state index contributed by atoms with van der Waals surface area (Å²) in [6.45, 7) is 4.62. The number of hydrogen-bond acceptors (Lipinski definition) is 2. The van der Waals surface area contributed by atoms with Gasteiger partial charge in [0.1, 0.15) is 0 Å². The monoisotopic (exact) mass is 389 g/mol. The summed E-state index contributed by atoms with van der Waals surface area (Å²) in [6.07, 6.45) is 0. The maximum atomic E-state index is 9.44. The number of rotatable bonds is 4. The summed E-state index contributed by atoms with van der Waals surface area (Å²) in [5.41, 5.74) is 9.60. The van der Waals surface area contributed by atoms with Crippen LogP contribution in [0.1, 0.15) is 25.0 Å². The molecule has 1 aliphatic rings. The van der Waals surface area contributed by atoms with E-state index in [1.807, 2.05) is 18.2 Å². The van der Waals surface area contributed by atoms with Gasteiger partial charge in [0, 0.05) is 22.5 Å². The SMILES string of the molecule is CC1(C)c2ccccc2-c2ccc(N(c3ccccc3)c3ccc(BO)cc3)cc21. The van der Waals surface area contributed by atoms with Gasteiger partial charge in [-0.2, -0.15) is 0 Å². The van der Waals surface area contributed by atoms with Crippen LogP contribution in [0.15, 0.2) is 97.1 Å². The number of anilines is 3. The molecule has 0 aliphatic heterocycles. The smallest absolute Gasteiger partial charge is 0.304 e. The molecular weight excluding hydrogens is 365 g/mol. The highest BCUT2D eigenvalue weighted by atomic mass is 16.2. The lowest BCUT2D eigenvalue weighted by Crippen LogP contribution is -2.17. The number of para-hydroxylation sites is 1. The molecule has 0 bridgehead atoms. The van der Waals surface area contributed by atoms with Crippen molar-refractivity contribution in [1.82, 2.24) is 0 Å². The topological polar surface area (TPSA) is 23.5 Å². The Morgan fingerprint density at radius 3 is 1.97 bits per heavy atom. The normalized spacial score (nSPS) is 13.4. The first-order valence-corrected chi connectivity index (χ1v) is 10.4. The van der Waals surface area contributed by atoms with Crippen molar-refractivity contribution in [2.24, 2.45) is 0 Å². The molecule has 0 spiro atoms. The molecule has 0 radical (unpaired) electrons. The molecule has 0 fully saturated rings. The molecule has 146 valence electrons. The fourth-order valence-electron chi connectivity index (χ4n) is 4.61. The van der Waals surface area contributed by atoms with Crippen molar-refractivity contribution < 1.29 is 5.02 Å². The Morgan fingerprint density at radius 2 is 1.23 bits per heavy atom. The molecule has 1 aliphatic carbocycles. The molecule has 4 aromatic carbocycles. The van der Waals surface area contributed by atoms with Crippen molar-refractivity contribution in [3.63, 3.8) is 0 Å². The van der Waals surface area contributed by atoms with Crippen molar-refractivity contribution in [3.05, 3.63) is 108 Å². The molecule has 1 N–H and O–H groups in total. The Hall–Kier alpha value is -3.30. The van der Waals surface area contributed by atoms with E-state index in [0.29, 0.717) is 0 Å². The van der Waals surface area contributed by atoms with Gasteiger partial charge in [-0.25, -0.2) is 0 Å².